The number of benzene rings is 1. The van der Waals surface area contributed by atoms with E-state index in [-0.39, 0.29) is 30.3 Å². The Hall–Kier alpha value is -1.20. The highest BCUT2D eigenvalue weighted by Gasteiger charge is 2.23. The minimum Gasteiger partial charge on any atom is -0.342 e. The third-order valence-electron chi connectivity index (χ3n) is 4.00. The van der Waals surface area contributed by atoms with E-state index in [1.54, 1.807) is 4.90 Å². The summed E-state index contributed by atoms with van der Waals surface area (Å²) in [5.41, 5.74) is 0.134. The first-order valence-electron chi connectivity index (χ1n) is 7.52. The summed E-state index contributed by atoms with van der Waals surface area (Å²) < 4.78 is 26.7. The van der Waals surface area contributed by atoms with Crippen molar-refractivity contribution in [3.05, 3.63) is 35.4 Å². The minimum absolute atomic E-state index is 0. The van der Waals surface area contributed by atoms with Gasteiger partial charge in [-0.15, -0.1) is 12.4 Å². The fourth-order valence-electron chi connectivity index (χ4n) is 2.69. The van der Waals surface area contributed by atoms with Crippen molar-refractivity contribution in [3.63, 3.8) is 0 Å². The Morgan fingerprint density at radius 3 is 2.64 bits per heavy atom. The molecule has 1 aromatic rings. The zero-order valence-corrected chi connectivity index (χ0v) is 13.6. The molecule has 0 unspecified atom stereocenters. The molecule has 1 amide bonds. The number of amides is 1. The Morgan fingerprint density at radius 2 is 2.00 bits per heavy atom. The lowest BCUT2D eigenvalue weighted by molar-refractivity contribution is -0.131. The predicted molar refractivity (Wildman–Crippen MR) is 85.2 cm³/mol. The van der Waals surface area contributed by atoms with E-state index >= 15 is 0 Å². The van der Waals surface area contributed by atoms with Gasteiger partial charge in [0.25, 0.3) is 0 Å². The molecule has 0 radical (unpaired) electrons. The summed E-state index contributed by atoms with van der Waals surface area (Å²) in [5.74, 6) is -0.559. The van der Waals surface area contributed by atoms with Gasteiger partial charge in [-0.25, -0.2) is 8.78 Å². The van der Waals surface area contributed by atoms with Gasteiger partial charge in [0, 0.05) is 18.7 Å². The van der Waals surface area contributed by atoms with Crippen LogP contribution in [-0.4, -0.2) is 37.0 Å². The van der Waals surface area contributed by atoms with Crippen LogP contribution < -0.4 is 5.32 Å². The van der Waals surface area contributed by atoms with Crippen molar-refractivity contribution in [1.82, 2.24) is 10.2 Å². The van der Waals surface area contributed by atoms with Gasteiger partial charge in [-0.1, -0.05) is 6.92 Å². The van der Waals surface area contributed by atoms with Crippen LogP contribution in [0.4, 0.5) is 8.78 Å². The van der Waals surface area contributed by atoms with Crippen molar-refractivity contribution in [2.45, 2.75) is 26.2 Å². The smallest absolute Gasteiger partial charge is 0.227 e. The third kappa shape index (κ3) is 5.21. The molecule has 1 aromatic carbocycles. The van der Waals surface area contributed by atoms with Gasteiger partial charge in [-0.05, 0) is 50.0 Å². The molecule has 3 nitrogen and oxygen atoms in total. The standard InChI is InChI=1S/C16H22F2N2O.ClH/c1-2-19-11-12-5-7-20(8-6-12)16(21)10-13-9-14(17)3-4-15(13)18;/h3-4,9,12,19H,2,5-8,10-11H2,1H3;1H. The van der Waals surface area contributed by atoms with Gasteiger partial charge in [-0.3, -0.25) is 4.79 Å². The molecule has 0 atom stereocenters. The van der Waals surface area contributed by atoms with Crippen molar-refractivity contribution < 1.29 is 13.6 Å². The number of carbonyl (C=O) groups is 1. The maximum Gasteiger partial charge on any atom is 0.227 e. The molecule has 0 saturated carbocycles. The Labute approximate surface area is 136 Å². The molecule has 0 spiro atoms. The van der Waals surface area contributed by atoms with Crippen LogP contribution in [0, 0.1) is 17.6 Å². The normalized spacial score (nSPS) is 15.5. The highest BCUT2D eigenvalue weighted by Crippen LogP contribution is 2.18. The highest BCUT2D eigenvalue weighted by molar-refractivity contribution is 5.85. The molecule has 1 heterocycles. The van der Waals surface area contributed by atoms with E-state index in [4.69, 9.17) is 0 Å². The van der Waals surface area contributed by atoms with Crippen LogP contribution >= 0.6 is 12.4 Å². The van der Waals surface area contributed by atoms with Crippen molar-refractivity contribution in [2.75, 3.05) is 26.2 Å². The molecular formula is C16H23ClF2N2O. The molecule has 1 N–H and O–H groups in total. The van der Waals surface area contributed by atoms with E-state index in [1.807, 2.05) is 0 Å². The van der Waals surface area contributed by atoms with Crippen LogP contribution in [-0.2, 0) is 11.2 Å². The lowest BCUT2D eigenvalue weighted by Gasteiger charge is -2.32. The van der Waals surface area contributed by atoms with Gasteiger partial charge >= 0.3 is 0 Å². The van der Waals surface area contributed by atoms with E-state index in [9.17, 15) is 13.6 Å². The fraction of sp³-hybridized carbons (Fsp3) is 0.562. The maximum absolute atomic E-state index is 13.6. The average molecular weight is 333 g/mol. The van der Waals surface area contributed by atoms with Crippen molar-refractivity contribution >= 4 is 18.3 Å². The number of rotatable bonds is 5. The Morgan fingerprint density at radius 1 is 1.32 bits per heavy atom. The van der Waals surface area contributed by atoms with Crippen molar-refractivity contribution in [3.8, 4) is 0 Å². The van der Waals surface area contributed by atoms with Gasteiger partial charge in [-0.2, -0.15) is 0 Å². The summed E-state index contributed by atoms with van der Waals surface area (Å²) in [5, 5.41) is 3.32. The quantitative estimate of drug-likeness (QED) is 0.899. The van der Waals surface area contributed by atoms with Crippen LogP contribution in [0.25, 0.3) is 0 Å². The second-order valence-corrected chi connectivity index (χ2v) is 5.54. The highest BCUT2D eigenvalue weighted by atomic mass is 35.5. The molecule has 6 heteroatoms. The average Bonchev–Trinajstić information content (AvgIpc) is 2.49. The lowest BCUT2D eigenvalue weighted by atomic mass is 9.96. The van der Waals surface area contributed by atoms with E-state index < -0.39 is 11.6 Å². The Bertz CT molecular complexity index is 491. The van der Waals surface area contributed by atoms with Crippen molar-refractivity contribution in [1.29, 1.82) is 0 Å². The van der Waals surface area contributed by atoms with E-state index in [1.165, 1.54) is 0 Å². The first-order valence-corrected chi connectivity index (χ1v) is 7.52. The second kappa shape index (κ2) is 9.06. The van der Waals surface area contributed by atoms with Crippen LogP contribution in [0.2, 0.25) is 0 Å². The van der Waals surface area contributed by atoms with Gasteiger partial charge in [0.15, 0.2) is 0 Å². The van der Waals surface area contributed by atoms with Crippen LogP contribution in [0.3, 0.4) is 0 Å². The molecule has 1 aliphatic rings. The molecule has 2 rings (SSSR count). The van der Waals surface area contributed by atoms with E-state index in [0.29, 0.717) is 19.0 Å². The van der Waals surface area contributed by atoms with Gasteiger partial charge in [0.05, 0.1) is 6.42 Å². The molecule has 1 aliphatic heterocycles. The summed E-state index contributed by atoms with van der Waals surface area (Å²) in [6, 6.07) is 3.24. The van der Waals surface area contributed by atoms with Crippen LogP contribution in [0.5, 0.6) is 0 Å². The first-order chi connectivity index (χ1) is 10.1. The van der Waals surface area contributed by atoms with Crippen molar-refractivity contribution in [2.24, 2.45) is 5.92 Å². The first kappa shape index (κ1) is 18.8. The Kier molecular flexibility index (Phi) is 7.76. The number of hydrogen-bond acceptors (Lipinski definition) is 2. The molecule has 0 aliphatic carbocycles. The van der Waals surface area contributed by atoms with Crippen LogP contribution in [0.1, 0.15) is 25.3 Å². The maximum atomic E-state index is 13.6. The monoisotopic (exact) mass is 332 g/mol. The molecule has 1 fully saturated rings. The third-order valence-corrected chi connectivity index (χ3v) is 4.00. The molecular weight excluding hydrogens is 310 g/mol. The number of nitrogens with one attached hydrogen (secondary N) is 1. The summed E-state index contributed by atoms with van der Waals surface area (Å²) in [6.07, 6.45) is 1.86. The number of carbonyl (C=O) groups excluding carboxylic acids is 1. The summed E-state index contributed by atoms with van der Waals surface area (Å²) >= 11 is 0. The number of halogens is 3. The van der Waals surface area contributed by atoms with E-state index in [0.717, 1.165) is 44.1 Å². The second-order valence-electron chi connectivity index (χ2n) is 5.54. The molecule has 1 saturated heterocycles. The summed E-state index contributed by atoms with van der Waals surface area (Å²) in [4.78, 5) is 13.9. The largest absolute Gasteiger partial charge is 0.342 e. The van der Waals surface area contributed by atoms with Gasteiger partial charge in [0.2, 0.25) is 5.91 Å². The Balaban J connectivity index is 0.00000242. The summed E-state index contributed by atoms with van der Waals surface area (Å²) in [6.45, 7) is 5.42. The molecule has 124 valence electrons. The SMILES string of the molecule is CCNCC1CCN(C(=O)Cc2cc(F)ccc2F)CC1.Cl. The van der Waals surface area contributed by atoms with Crippen LogP contribution in [0.15, 0.2) is 18.2 Å². The predicted octanol–water partition coefficient (Wildman–Crippen LogP) is 2.78. The number of likely N-dealkylation sites (tertiary alicyclic amines) is 1. The molecule has 22 heavy (non-hydrogen) atoms. The zero-order valence-electron chi connectivity index (χ0n) is 12.8. The minimum atomic E-state index is -0.521. The topological polar surface area (TPSA) is 32.3 Å². The number of nitrogens with zero attached hydrogens (tertiary/aromatic N) is 1. The number of hydrogen-bond donors (Lipinski definition) is 1. The molecule has 0 bridgehead atoms. The lowest BCUT2D eigenvalue weighted by Crippen LogP contribution is -2.41. The zero-order chi connectivity index (χ0) is 15.2. The fourth-order valence-corrected chi connectivity index (χ4v) is 2.69. The molecule has 0 aromatic heterocycles. The number of piperidine rings is 1. The van der Waals surface area contributed by atoms with Gasteiger partial charge < -0.3 is 10.2 Å². The van der Waals surface area contributed by atoms with E-state index in [2.05, 4.69) is 12.2 Å². The summed E-state index contributed by atoms with van der Waals surface area (Å²) in [7, 11) is 0. The van der Waals surface area contributed by atoms with Gasteiger partial charge in [0.1, 0.15) is 11.6 Å².